The highest BCUT2D eigenvalue weighted by molar-refractivity contribution is 6.00. The number of nitrogens with one attached hydrogen (secondary N) is 1. The zero-order valence-corrected chi connectivity index (χ0v) is 23.9. The Morgan fingerprint density at radius 2 is 1.98 bits per heavy atom. The third-order valence-corrected chi connectivity index (χ3v) is 8.12. The van der Waals surface area contributed by atoms with Crippen LogP contribution in [0.4, 0.5) is 0 Å². The summed E-state index contributed by atoms with van der Waals surface area (Å²) in [5.41, 5.74) is 2.76. The van der Waals surface area contributed by atoms with Gasteiger partial charge in [0.1, 0.15) is 17.8 Å². The van der Waals surface area contributed by atoms with Crippen molar-refractivity contribution in [3.63, 3.8) is 0 Å². The Morgan fingerprint density at radius 1 is 1.15 bits per heavy atom. The number of carbonyl (C=O) groups excluding carboxylic acids is 3. The van der Waals surface area contributed by atoms with E-state index in [1.54, 1.807) is 18.0 Å². The van der Waals surface area contributed by atoms with Gasteiger partial charge in [-0.2, -0.15) is 0 Å². The van der Waals surface area contributed by atoms with E-state index in [0.717, 1.165) is 69.5 Å². The summed E-state index contributed by atoms with van der Waals surface area (Å²) in [6, 6.07) is 13.3. The molecule has 1 unspecified atom stereocenters. The van der Waals surface area contributed by atoms with Crippen LogP contribution in [0.2, 0.25) is 0 Å². The minimum Gasteiger partial charge on any atom is -0.493 e. The van der Waals surface area contributed by atoms with E-state index in [4.69, 9.17) is 9.47 Å². The molecule has 0 radical (unpaired) electrons. The van der Waals surface area contributed by atoms with Crippen LogP contribution in [-0.2, 0) is 16.1 Å². The Hall–Kier alpha value is -3.39. The molecule has 40 heavy (non-hydrogen) atoms. The fourth-order valence-corrected chi connectivity index (χ4v) is 5.64. The lowest BCUT2D eigenvalue weighted by atomic mass is 9.97. The van der Waals surface area contributed by atoms with Crippen molar-refractivity contribution in [2.24, 2.45) is 0 Å². The number of rotatable bonds is 17. The molecule has 1 N–H and O–H groups in total. The maximum Gasteiger partial charge on any atom is 0.255 e. The Bertz CT molecular complexity index is 1150. The summed E-state index contributed by atoms with van der Waals surface area (Å²) >= 11 is 0. The van der Waals surface area contributed by atoms with E-state index in [1.807, 2.05) is 18.2 Å². The average Bonchev–Trinajstić information content (AvgIpc) is 3.55. The quantitative estimate of drug-likeness (QED) is 0.230. The molecule has 2 heterocycles. The van der Waals surface area contributed by atoms with Gasteiger partial charge in [0.25, 0.3) is 5.91 Å². The van der Waals surface area contributed by atoms with Gasteiger partial charge < -0.3 is 29.4 Å². The van der Waals surface area contributed by atoms with Gasteiger partial charge >= 0.3 is 0 Å². The summed E-state index contributed by atoms with van der Waals surface area (Å²) in [7, 11) is 1.56. The van der Waals surface area contributed by atoms with Gasteiger partial charge in [0, 0.05) is 36.1 Å². The monoisotopic (exact) mass is 549 g/mol. The normalized spacial score (nSPS) is 16.4. The van der Waals surface area contributed by atoms with E-state index >= 15 is 0 Å². The van der Waals surface area contributed by atoms with Crippen molar-refractivity contribution in [3.05, 3.63) is 59.2 Å². The molecule has 0 aliphatic carbocycles. The fourth-order valence-electron chi connectivity index (χ4n) is 5.64. The van der Waals surface area contributed by atoms with Crippen molar-refractivity contribution >= 4 is 18.1 Å². The van der Waals surface area contributed by atoms with E-state index < -0.39 is 6.04 Å². The number of hydrogen-bond donors (Lipinski definition) is 1. The first-order valence-corrected chi connectivity index (χ1v) is 14.7. The third-order valence-electron chi connectivity index (χ3n) is 8.12. The molecule has 0 bridgehead atoms. The lowest BCUT2D eigenvalue weighted by Crippen LogP contribution is -2.37. The van der Waals surface area contributed by atoms with Gasteiger partial charge in [-0.1, -0.05) is 44.0 Å². The second-order valence-electron chi connectivity index (χ2n) is 10.7. The molecule has 216 valence electrons. The van der Waals surface area contributed by atoms with Crippen molar-refractivity contribution in [2.45, 2.75) is 70.4 Å². The van der Waals surface area contributed by atoms with Gasteiger partial charge in [0.15, 0.2) is 0 Å². The number of fused-ring (bicyclic) bond motifs is 2. The molecular weight excluding hydrogens is 506 g/mol. The number of benzene rings is 2. The number of unbranched alkanes of at least 4 members (excludes halogenated alkanes) is 3. The second kappa shape index (κ2) is 14.8. The standard InChI is InChI=1S/C32H43N3O5/c1-3-34(19-17-24-23-40-29-13-7-6-11-26(24)29)18-8-4-5-9-20-39-30-14-10-12-27-28(30)21-35(32(27)38)25(22-36)15-16-31(37)33-2/h6-7,10-14,22,24-25H,3-5,8-9,15-21,23H2,1-2H3,(H,33,37)/t24-,25?/m0/s1. The van der Waals surface area contributed by atoms with E-state index in [9.17, 15) is 14.4 Å². The van der Waals surface area contributed by atoms with E-state index in [1.165, 1.54) is 12.0 Å². The van der Waals surface area contributed by atoms with Crippen molar-refractivity contribution in [2.75, 3.05) is 39.9 Å². The summed E-state index contributed by atoms with van der Waals surface area (Å²) in [5.74, 6) is 1.92. The van der Waals surface area contributed by atoms with Crippen LogP contribution in [-0.4, -0.2) is 73.8 Å². The Labute approximate surface area is 238 Å². The van der Waals surface area contributed by atoms with Gasteiger partial charge in [0.2, 0.25) is 5.91 Å². The van der Waals surface area contributed by atoms with Crippen LogP contribution in [0.1, 0.15) is 79.3 Å². The summed E-state index contributed by atoms with van der Waals surface area (Å²) in [6.07, 6.45) is 6.75. The van der Waals surface area contributed by atoms with Crippen molar-refractivity contribution in [1.29, 1.82) is 0 Å². The molecule has 4 rings (SSSR count). The molecule has 0 saturated heterocycles. The molecule has 8 nitrogen and oxygen atoms in total. The minimum atomic E-state index is -0.630. The minimum absolute atomic E-state index is 0.146. The molecule has 0 fully saturated rings. The highest BCUT2D eigenvalue weighted by atomic mass is 16.5. The maximum atomic E-state index is 13.0. The summed E-state index contributed by atoms with van der Waals surface area (Å²) < 4.78 is 11.9. The van der Waals surface area contributed by atoms with Crippen LogP contribution >= 0.6 is 0 Å². The van der Waals surface area contributed by atoms with Gasteiger partial charge in [-0.15, -0.1) is 0 Å². The average molecular weight is 550 g/mol. The number of nitrogens with zero attached hydrogens (tertiary/aromatic N) is 2. The summed E-state index contributed by atoms with van der Waals surface area (Å²) in [5, 5.41) is 2.56. The predicted octanol–water partition coefficient (Wildman–Crippen LogP) is 4.56. The summed E-state index contributed by atoms with van der Waals surface area (Å²) in [6.45, 7) is 7.20. The molecular formula is C32H43N3O5. The number of hydrogen-bond acceptors (Lipinski definition) is 6. The molecule has 2 aromatic carbocycles. The van der Waals surface area contributed by atoms with Gasteiger partial charge in [-0.3, -0.25) is 9.59 Å². The number of ether oxygens (including phenoxy) is 2. The molecule has 2 aliphatic heterocycles. The number of aldehydes is 1. The lowest BCUT2D eigenvalue weighted by Gasteiger charge is -2.22. The fraction of sp³-hybridized carbons (Fsp3) is 0.531. The smallest absolute Gasteiger partial charge is 0.255 e. The largest absolute Gasteiger partial charge is 0.493 e. The highest BCUT2D eigenvalue weighted by Crippen LogP contribution is 2.35. The zero-order valence-electron chi connectivity index (χ0n) is 23.9. The van der Waals surface area contributed by atoms with Gasteiger partial charge in [-0.05, 0) is 63.5 Å². The molecule has 8 heteroatoms. The summed E-state index contributed by atoms with van der Waals surface area (Å²) in [4.78, 5) is 40.4. The third kappa shape index (κ3) is 7.42. The number of carbonyl (C=O) groups is 3. The topological polar surface area (TPSA) is 88.2 Å². The predicted molar refractivity (Wildman–Crippen MR) is 155 cm³/mol. The van der Waals surface area contributed by atoms with Crippen molar-refractivity contribution in [1.82, 2.24) is 15.1 Å². The Kier molecular flexibility index (Phi) is 11.0. The van der Waals surface area contributed by atoms with Crippen LogP contribution in [0, 0.1) is 0 Å². The van der Waals surface area contributed by atoms with Crippen LogP contribution in [0.15, 0.2) is 42.5 Å². The lowest BCUT2D eigenvalue weighted by molar-refractivity contribution is -0.121. The first-order chi connectivity index (χ1) is 19.5. The molecule has 0 saturated carbocycles. The van der Waals surface area contributed by atoms with Crippen molar-refractivity contribution in [3.8, 4) is 11.5 Å². The van der Waals surface area contributed by atoms with Crippen LogP contribution in [0.3, 0.4) is 0 Å². The highest BCUT2D eigenvalue weighted by Gasteiger charge is 2.34. The molecule has 2 amide bonds. The van der Waals surface area contributed by atoms with Crippen molar-refractivity contribution < 1.29 is 23.9 Å². The SMILES string of the molecule is CCN(CCCCCCOc1cccc2c1CN(C(C=O)CCC(=O)NC)C2=O)CC[C@H]1COc2ccccc21. The molecule has 2 atom stereocenters. The molecule has 2 aliphatic rings. The molecule has 0 aromatic heterocycles. The van der Waals surface area contributed by atoms with E-state index in [-0.39, 0.29) is 18.2 Å². The Balaban J connectivity index is 1.15. The van der Waals surface area contributed by atoms with Gasteiger partial charge in [-0.25, -0.2) is 0 Å². The van der Waals surface area contributed by atoms with Gasteiger partial charge in [0.05, 0.1) is 25.8 Å². The second-order valence-corrected chi connectivity index (χ2v) is 10.7. The number of amides is 2. The van der Waals surface area contributed by atoms with E-state index in [0.29, 0.717) is 36.8 Å². The van der Waals surface area contributed by atoms with E-state index in [2.05, 4.69) is 35.3 Å². The molecule has 0 spiro atoms. The zero-order chi connectivity index (χ0) is 28.3. The van der Waals surface area contributed by atoms with Crippen LogP contribution in [0.25, 0.3) is 0 Å². The maximum absolute atomic E-state index is 13.0. The van der Waals surface area contributed by atoms with Crippen LogP contribution < -0.4 is 14.8 Å². The number of para-hydroxylation sites is 1. The molecule has 2 aromatic rings. The first-order valence-electron chi connectivity index (χ1n) is 14.7. The first kappa shape index (κ1) is 29.6. The van der Waals surface area contributed by atoms with Crippen LogP contribution in [0.5, 0.6) is 11.5 Å². The Morgan fingerprint density at radius 3 is 2.77 bits per heavy atom.